The van der Waals surface area contributed by atoms with Crippen molar-refractivity contribution in [3.8, 4) is 22.9 Å². The van der Waals surface area contributed by atoms with Gasteiger partial charge in [0.1, 0.15) is 17.4 Å². The van der Waals surface area contributed by atoms with Gasteiger partial charge < -0.3 is 24.5 Å². The maximum Gasteiger partial charge on any atom is 0.199 e. The van der Waals surface area contributed by atoms with E-state index in [1.165, 1.54) is 30.5 Å². The maximum absolute atomic E-state index is 15.2. The van der Waals surface area contributed by atoms with Crippen molar-refractivity contribution in [2.24, 2.45) is 0 Å². The summed E-state index contributed by atoms with van der Waals surface area (Å²) in [4.78, 5) is 13.1. The van der Waals surface area contributed by atoms with Gasteiger partial charge in [-0.05, 0) is 54.9 Å². The lowest BCUT2D eigenvalue weighted by Crippen LogP contribution is -2.33. The zero-order valence-corrected chi connectivity index (χ0v) is 23.5. The molecule has 218 valence electrons. The number of likely N-dealkylation sites (N-methyl/N-ethyl adjacent to an activating group) is 1. The quantitative estimate of drug-likeness (QED) is 0.205. The summed E-state index contributed by atoms with van der Waals surface area (Å²) in [6.45, 7) is 2.73. The summed E-state index contributed by atoms with van der Waals surface area (Å²) in [5.41, 5.74) is 5.32. The lowest BCUT2D eigenvalue weighted by molar-refractivity contribution is 0.0494. The molecule has 0 spiro atoms. The van der Waals surface area contributed by atoms with E-state index in [2.05, 4.69) is 20.9 Å². The molecule has 1 aliphatic rings. The number of H-pyrrole nitrogens is 2. The molecule has 3 aromatic carbocycles. The van der Waals surface area contributed by atoms with Crippen LogP contribution in [-0.2, 0) is 17.6 Å². The third kappa shape index (κ3) is 4.95. The predicted octanol–water partition coefficient (Wildman–Crippen LogP) is 6.20. The molecule has 0 aliphatic carbocycles. The number of aromatic nitrogens is 3. The summed E-state index contributed by atoms with van der Waals surface area (Å²) in [5, 5.41) is 9.83. The van der Waals surface area contributed by atoms with Crippen molar-refractivity contribution >= 4 is 10.9 Å². The predicted molar refractivity (Wildman–Crippen MR) is 153 cm³/mol. The SMILES string of the molecule is COC(CO)Cc1cccc(C2c3nc(-c4cc(Oc5c(F)cc6[nH]ccc6c5F)ccc4F)[nH]c3CCN2C)c1C. The fourth-order valence-corrected chi connectivity index (χ4v) is 5.74. The van der Waals surface area contributed by atoms with Crippen molar-refractivity contribution < 1.29 is 27.8 Å². The third-order valence-electron chi connectivity index (χ3n) is 8.11. The van der Waals surface area contributed by atoms with E-state index in [9.17, 15) is 9.50 Å². The topological polar surface area (TPSA) is 86.4 Å². The van der Waals surface area contributed by atoms with Crippen molar-refractivity contribution in [1.82, 2.24) is 19.9 Å². The van der Waals surface area contributed by atoms with Crippen LogP contribution in [0.15, 0.2) is 54.7 Å². The molecule has 2 aromatic heterocycles. The Morgan fingerprint density at radius 1 is 1.12 bits per heavy atom. The molecule has 2 atom stereocenters. The van der Waals surface area contributed by atoms with Crippen LogP contribution in [0, 0.1) is 24.4 Å². The molecule has 6 rings (SSSR count). The Morgan fingerprint density at radius 3 is 2.74 bits per heavy atom. The molecular weight excluding hydrogens is 545 g/mol. The van der Waals surface area contributed by atoms with Crippen molar-refractivity contribution in [2.75, 3.05) is 27.3 Å². The Bertz CT molecular complexity index is 1760. The second kappa shape index (κ2) is 11.3. The van der Waals surface area contributed by atoms with Crippen molar-refractivity contribution in [2.45, 2.75) is 31.9 Å². The van der Waals surface area contributed by atoms with E-state index in [1.54, 1.807) is 7.11 Å². The molecule has 0 amide bonds. The van der Waals surface area contributed by atoms with Crippen LogP contribution in [0.25, 0.3) is 22.3 Å². The number of hydrogen-bond donors (Lipinski definition) is 3. The number of aromatic amines is 2. The van der Waals surface area contributed by atoms with Crippen LogP contribution >= 0.6 is 0 Å². The Labute approximate surface area is 240 Å². The second-order valence-corrected chi connectivity index (χ2v) is 10.6. The minimum Gasteiger partial charge on any atom is -0.451 e. The van der Waals surface area contributed by atoms with Gasteiger partial charge in [0.25, 0.3) is 0 Å². The lowest BCUT2D eigenvalue weighted by Gasteiger charge is -2.33. The van der Waals surface area contributed by atoms with E-state index in [1.807, 2.05) is 26.1 Å². The highest BCUT2D eigenvalue weighted by Gasteiger charge is 2.32. The number of methoxy groups -OCH3 is 1. The number of nitrogens with zero attached hydrogens (tertiary/aromatic N) is 2. The first-order valence-corrected chi connectivity index (χ1v) is 13.7. The minimum absolute atomic E-state index is 0.0715. The highest BCUT2D eigenvalue weighted by atomic mass is 19.1. The molecular formula is C32H31F3N4O3. The van der Waals surface area contributed by atoms with E-state index in [0.717, 1.165) is 40.7 Å². The van der Waals surface area contributed by atoms with Gasteiger partial charge in [0.05, 0.1) is 35.5 Å². The first-order valence-electron chi connectivity index (χ1n) is 13.7. The number of halogens is 3. The number of rotatable bonds is 8. The van der Waals surface area contributed by atoms with Crippen molar-refractivity contribution in [3.63, 3.8) is 0 Å². The molecule has 0 saturated heterocycles. The number of nitrogens with one attached hydrogen (secondary N) is 2. The van der Waals surface area contributed by atoms with E-state index in [4.69, 9.17) is 14.5 Å². The number of hydrogen-bond acceptors (Lipinski definition) is 5. The highest BCUT2D eigenvalue weighted by molar-refractivity contribution is 5.82. The number of aliphatic hydroxyl groups is 1. The van der Waals surface area contributed by atoms with Gasteiger partial charge in [0, 0.05) is 49.8 Å². The average Bonchev–Trinajstić information content (AvgIpc) is 3.63. The third-order valence-corrected chi connectivity index (χ3v) is 8.11. The molecule has 10 heteroatoms. The van der Waals surface area contributed by atoms with E-state index >= 15 is 8.78 Å². The standard InChI is InChI=1S/C32H31F3N4O3/c1-17-18(13-20(16-40)41-3)5-4-6-21(17)30-29-26(10-12-39(30)2)37-32(38-29)23-14-19(7-8-24(23)33)42-31-25(34)15-27-22(28(31)35)9-11-36-27/h4-9,11,14-15,20,30,36,40H,10,12-13,16H2,1-3H3,(H,37,38). The zero-order valence-electron chi connectivity index (χ0n) is 23.5. The fraction of sp³-hybridized carbons (Fsp3) is 0.281. The van der Waals surface area contributed by atoms with Crippen molar-refractivity contribution in [1.29, 1.82) is 0 Å². The largest absolute Gasteiger partial charge is 0.451 e. The maximum atomic E-state index is 15.2. The van der Waals surface area contributed by atoms with Crippen LogP contribution in [0.4, 0.5) is 13.2 Å². The van der Waals surface area contributed by atoms with Gasteiger partial charge in [-0.15, -0.1) is 0 Å². The Kier molecular flexibility index (Phi) is 7.53. The van der Waals surface area contributed by atoms with Gasteiger partial charge in [-0.2, -0.15) is 0 Å². The molecule has 42 heavy (non-hydrogen) atoms. The number of aliphatic hydroxyl groups excluding tert-OH is 1. The summed E-state index contributed by atoms with van der Waals surface area (Å²) in [6, 6.07) is 12.5. The Hall–Kier alpha value is -4.12. The van der Waals surface area contributed by atoms with E-state index in [0.29, 0.717) is 24.2 Å². The first kappa shape index (κ1) is 28.0. The summed E-state index contributed by atoms with van der Waals surface area (Å²) in [6.07, 6.45) is 2.46. The second-order valence-electron chi connectivity index (χ2n) is 10.6. The van der Waals surface area contributed by atoms with Gasteiger partial charge in [-0.3, -0.25) is 4.90 Å². The van der Waals surface area contributed by atoms with E-state index in [-0.39, 0.29) is 35.5 Å². The minimum atomic E-state index is -0.874. The summed E-state index contributed by atoms with van der Waals surface area (Å²) >= 11 is 0. The molecule has 5 aromatic rings. The van der Waals surface area contributed by atoms with Crippen LogP contribution in [-0.4, -0.2) is 58.4 Å². The van der Waals surface area contributed by atoms with Gasteiger partial charge in [-0.1, -0.05) is 18.2 Å². The molecule has 0 saturated carbocycles. The van der Waals surface area contributed by atoms with Crippen LogP contribution in [0.2, 0.25) is 0 Å². The van der Waals surface area contributed by atoms with Crippen LogP contribution < -0.4 is 4.74 Å². The highest BCUT2D eigenvalue weighted by Crippen LogP contribution is 2.39. The van der Waals surface area contributed by atoms with Crippen molar-refractivity contribution in [3.05, 3.63) is 100 Å². The molecule has 0 fully saturated rings. The summed E-state index contributed by atoms with van der Waals surface area (Å²) in [5.74, 6) is -2.45. The summed E-state index contributed by atoms with van der Waals surface area (Å²) in [7, 11) is 3.61. The first-order chi connectivity index (χ1) is 20.3. The summed E-state index contributed by atoms with van der Waals surface area (Å²) < 4.78 is 55.9. The molecule has 3 N–H and O–H groups in total. The molecule has 1 aliphatic heterocycles. The zero-order chi connectivity index (χ0) is 29.5. The molecule has 3 heterocycles. The lowest BCUT2D eigenvalue weighted by atomic mass is 9.89. The monoisotopic (exact) mass is 576 g/mol. The van der Waals surface area contributed by atoms with Gasteiger partial charge in [-0.25, -0.2) is 18.2 Å². The fourth-order valence-electron chi connectivity index (χ4n) is 5.74. The normalized spacial score (nSPS) is 16.1. The molecule has 7 nitrogen and oxygen atoms in total. The number of ether oxygens (including phenoxy) is 2. The number of fused-ring (bicyclic) bond motifs is 2. The number of benzene rings is 3. The molecule has 0 radical (unpaired) electrons. The van der Waals surface area contributed by atoms with Crippen LogP contribution in [0.3, 0.4) is 0 Å². The Balaban J connectivity index is 1.36. The smallest absolute Gasteiger partial charge is 0.199 e. The van der Waals surface area contributed by atoms with Gasteiger partial charge in [0.15, 0.2) is 17.4 Å². The van der Waals surface area contributed by atoms with Gasteiger partial charge in [0.2, 0.25) is 0 Å². The van der Waals surface area contributed by atoms with E-state index < -0.39 is 23.2 Å². The molecule has 2 unspecified atom stereocenters. The number of imidazole rings is 1. The van der Waals surface area contributed by atoms with Gasteiger partial charge >= 0.3 is 0 Å². The van der Waals surface area contributed by atoms with Crippen LogP contribution in [0.1, 0.15) is 34.1 Å². The molecule has 0 bridgehead atoms. The van der Waals surface area contributed by atoms with Crippen LogP contribution in [0.5, 0.6) is 11.5 Å². The average molecular weight is 577 g/mol. The Morgan fingerprint density at radius 2 is 1.95 bits per heavy atom.